The maximum atomic E-state index is 12.2. The van der Waals surface area contributed by atoms with Gasteiger partial charge in [-0.2, -0.15) is 0 Å². The van der Waals surface area contributed by atoms with E-state index in [-0.39, 0.29) is 30.3 Å². The second kappa shape index (κ2) is 7.86. The molecule has 3 N–H and O–H groups in total. The molecule has 0 radical (unpaired) electrons. The summed E-state index contributed by atoms with van der Waals surface area (Å²) in [5.74, 6) is 0.747. The second-order valence-electron chi connectivity index (χ2n) is 4.83. The average Bonchev–Trinajstić information content (AvgIpc) is 2.80. The van der Waals surface area contributed by atoms with Crippen molar-refractivity contribution in [3.8, 4) is 5.75 Å². The minimum Gasteiger partial charge on any atom is -0.492 e. The number of nitrogens with one attached hydrogen (secondary N) is 1. The van der Waals surface area contributed by atoms with Crippen molar-refractivity contribution < 1.29 is 9.53 Å². The third kappa shape index (κ3) is 4.36. The number of ether oxygens (including phenoxy) is 1. The van der Waals surface area contributed by atoms with Gasteiger partial charge in [0.05, 0.1) is 12.3 Å². The summed E-state index contributed by atoms with van der Waals surface area (Å²) in [7, 11) is 0. The first-order valence-electron chi connectivity index (χ1n) is 6.59. The van der Waals surface area contributed by atoms with E-state index in [0.29, 0.717) is 18.0 Å². The molecule has 0 aromatic heterocycles. The number of carbonyl (C=O) groups excluding carboxylic acids is 1. The largest absolute Gasteiger partial charge is 0.492 e. The lowest BCUT2D eigenvalue weighted by Crippen LogP contribution is -2.23. The number of hydrogen-bond acceptors (Lipinski definition) is 3. The Hall–Kier alpha value is -0.780. The second-order valence-corrected chi connectivity index (χ2v) is 5.75. The highest BCUT2D eigenvalue weighted by Gasteiger charge is 2.28. The number of rotatable bonds is 4. The van der Waals surface area contributed by atoms with Crippen molar-refractivity contribution in [1.29, 1.82) is 0 Å². The van der Waals surface area contributed by atoms with Crippen LogP contribution >= 0.6 is 28.3 Å². The smallest absolute Gasteiger partial charge is 0.227 e. The van der Waals surface area contributed by atoms with Crippen LogP contribution in [0, 0.1) is 5.92 Å². The van der Waals surface area contributed by atoms with Crippen LogP contribution in [0.5, 0.6) is 5.75 Å². The topological polar surface area (TPSA) is 64.3 Å². The van der Waals surface area contributed by atoms with Crippen LogP contribution in [0.3, 0.4) is 0 Å². The van der Waals surface area contributed by atoms with E-state index in [9.17, 15) is 4.79 Å². The normalized spacial score (nSPS) is 21.1. The first kappa shape index (κ1) is 17.3. The van der Waals surface area contributed by atoms with Crippen LogP contribution in [0.2, 0.25) is 0 Å². The fourth-order valence-corrected chi connectivity index (χ4v) is 2.73. The molecule has 1 saturated carbocycles. The summed E-state index contributed by atoms with van der Waals surface area (Å²) in [6.45, 7) is 2.49. The van der Waals surface area contributed by atoms with Crippen molar-refractivity contribution in [3.05, 3.63) is 22.7 Å². The summed E-state index contributed by atoms with van der Waals surface area (Å²) in [4.78, 5) is 12.2. The standard InChI is InChI=1S/C14H19BrN2O2.ClH/c1-2-19-13-6-4-10(15)8-12(13)17-14(18)9-3-5-11(16)7-9;/h4,6,8-9,11H,2-3,5,7,16H2,1H3,(H,17,18);1H. The molecule has 1 amide bonds. The minimum atomic E-state index is 0. The van der Waals surface area contributed by atoms with E-state index in [0.717, 1.165) is 23.7 Å². The number of carbonyl (C=O) groups is 1. The molecule has 2 rings (SSSR count). The van der Waals surface area contributed by atoms with Gasteiger partial charge in [-0.3, -0.25) is 4.79 Å². The van der Waals surface area contributed by atoms with Crippen molar-refractivity contribution >= 4 is 39.9 Å². The molecule has 0 bridgehead atoms. The lowest BCUT2D eigenvalue weighted by molar-refractivity contribution is -0.119. The van der Waals surface area contributed by atoms with Crippen LogP contribution in [0.4, 0.5) is 5.69 Å². The van der Waals surface area contributed by atoms with Crippen LogP contribution < -0.4 is 15.8 Å². The molecule has 0 saturated heterocycles. The van der Waals surface area contributed by atoms with Gasteiger partial charge in [0, 0.05) is 16.4 Å². The van der Waals surface area contributed by atoms with Gasteiger partial charge in [0.25, 0.3) is 0 Å². The fourth-order valence-electron chi connectivity index (χ4n) is 2.37. The molecule has 20 heavy (non-hydrogen) atoms. The summed E-state index contributed by atoms with van der Waals surface area (Å²) < 4.78 is 6.43. The molecule has 1 aliphatic carbocycles. The Morgan fingerprint density at radius 3 is 2.85 bits per heavy atom. The van der Waals surface area contributed by atoms with E-state index in [1.54, 1.807) is 0 Å². The maximum Gasteiger partial charge on any atom is 0.227 e. The molecule has 0 heterocycles. The Balaban J connectivity index is 0.00000200. The van der Waals surface area contributed by atoms with Crippen molar-refractivity contribution in [2.24, 2.45) is 11.7 Å². The number of hydrogen-bond donors (Lipinski definition) is 2. The molecular formula is C14H20BrClN2O2. The van der Waals surface area contributed by atoms with Crippen LogP contribution in [0.1, 0.15) is 26.2 Å². The maximum absolute atomic E-state index is 12.2. The van der Waals surface area contributed by atoms with Gasteiger partial charge >= 0.3 is 0 Å². The predicted molar refractivity (Wildman–Crippen MR) is 86.5 cm³/mol. The van der Waals surface area contributed by atoms with Crippen LogP contribution in [0.15, 0.2) is 22.7 Å². The molecule has 1 aromatic rings. The first-order chi connectivity index (χ1) is 9.10. The lowest BCUT2D eigenvalue weighted by atomic mass is 10.1. The SMILES string of the molecule is CCOc1ccc(Br)cc1NC(=O)C1CCC(N)C1.Cl. The highest BCUT2D eigenvalue weighted by Crippen LogP contribution is 2.31. The fraction of sp³-hybridized carbons (Fsp3) is 0.500. The summed E-state index contributed by atoms with van der Waals surface area (Å²) in [6.07, 6.45) is 2.56. The minimum absolute atomic E-state index is 0. The van der Waals surface area contributed by atoms with Gasteiger partial charge < -0.3 is 15.8 Å². The van der Waals surface area contributed by atoms with Gasteiger partial charge in [-0.15, -0.1) is 12.4 Å². The van der Waals surface area contributed by atoms with Crippen molar-refractivity contribution in [3.63, 3.8) is 0 Å². The average molecular weight is 364 g/mol. The van der Waals surface area contributed by atoms with Gasteiger partial charge in [0.1, 0.15) is 5.75 Å². The molecule has 6 heteroatoms. The monoisotopic (exact) mass is 362 g/mol. The number of nitrogens with two attached hydrogens (primary N) is 1. The molecule has 4 nitrogen and oxygen atoms in total. The highest BCUT2D eigenvalue weighted by atomic mass is 79.9. The Bertz CT molecular complexity index is 470. The van der Waals surface area contributed by atoms with E-state index in [4.69, 9.17) is 10.5 Å². The van der Waals surface area contributed by atoms with Gasteiger partial charge in [0.15, 0.2) is 0 Å². The summed E-state index contributed by atoms with van der Waals surface area (Å²) in [6, 6.07) is 5.76. The molecule has 112 valence electrons. The lowest BCUT2D eigenvalue weighted by Gasteiger charge is -2.14. The molecule has 2 atom stereocenters. The number of halogens is 2. The van der Waals surface area contributed by atoms with E-state index < -0.39 is 0 Å². The molecule has 1 aliphatic rings. The van der Waals surface area contributed by atoms with Crippen molar-refractivity contribution in [1.82, 2.24) is 0 Å². The van der Waals surface area contributed by atoms with Crippen LogP contribution in [-0.2, 0) is 4.79 Å². The van der Waals surface area contributed by atoms with Gasteiger partial charge in [-0.05, 0) is 44.4 Å². The molecule has 0 spiro atoms. The zero-order valence-electron chi connectivity index (χ0n) is 11.4. The Labute approximate surface area is 134 Å². The Morgan fingerprint density at radius 1 is 1.50 bits per heavy atom. The Morgan fingerprint density at radius 2 is 2.25 bits per heavy atom. The van der Waals surface area contributed by atoms with Gasteiger partial charge in [0.2, 0.25) is 5.91 Å². The highest BCUT2D eigenvalue weighted by molar-refractivity contribution is 9.10. The van der Waals surface area contributed by atoms with Crippen LogP contribution in [0.25, 0.3) is 0 Å². The van der Waals surface area contributed by atoms with Crippen molar-refractivity contribution in [2.45, 2.75) is 32.2 Å². The van der Waals surface area contributed by atoms with E-state index >= 15 is 0 Å². The predicted octanol–water partition coefficient (Wildman–Crippen LogP) is 3.34. The van der Waals surface area contributed by atoms with Gasteiger partial charge in [-0.1, -0.05) is 15.9 Å². The third-order valence-corrected chi connectivity index (χ3v) is 3.84. The zero-order valence-corrected chi connectivity index (χ0v) is 13.8. The molecule has 0 aliphatic heterocycles. The summed E-state index contributed by atoms with van der Waals surface area (Å²) >= 11 is 3.40. The molecule has 1 fully saturated rings. The number of anilines is 1. The summed E-state index contributed by atoms with van der Waals surface area (Å²) in [5, 5.41) is 2.95. The Kier molecular flexibility index (Phi) is 6.79. The number of benzene rings is 1. The molecule has 1 aromatic carbocycles. The zero-order chi connectivity index (χ0) is 13.8. The van der Waals surface area contributed by atoms with E-state index in [2.05, 4.69) is 21.2 Å². The van der Waals surface area contributed by atoms with Gasteiger partial charge in [-0.25, -0.2) is 0 Å². The quantitative estimate of drug-likeness (QED) is 0.862. The molecule has 2 unspecified atom stereocenters. The number of amides is 1. The molecular weight excluding hydrogens is 344 g/mol. The van der Waals surface area contributed by atoms with E-state index in [1.807, 2.05) is 25.1 Å². The first-order valence-corrected chi connectivity index (χ1v) is 7.38. The summed E-state index contributed by atoms with van der Waals surface area (Å²) in [5.41, 5.74) is 6.56. The van der Waals surface area contributed by atoms with Crippen LogP contribution in [-0.4, -0.2) is 18.6 Å². The van der Waals surface area contributed by atoms with E-state index in [1.165, 1.54) is 0 Å². The third-order valence-electron chi connectivity index (χ3n) is 3.34. The van der Waals surface area contributed by atoms with Crippen molar-refractivity contribution in [2.75, 3.05) is 11.9 Å².